The summed E-state index contributed by atoms with van der Waals surface area (Å²) in [5.74, 6) is -0.122. The molecular formula is C13H18BrN3O3. The van der Waals surface area contributed by atoms with Crippen LogP contribution in [0.3, 0.4) is 0 Å². The summed E-state index contributed by atoms with van der Waals surface area (Å²) in [4.78, 5) is 22.2. The molecule has 1 unspecified atom stereocenters. The average Bonchev–Trinajstić information content (AvgIpc) is 2.31. The number of aryl methyl sites for hydroxylation is 1. The van der Waals surface area contributed by atoms with Gasteiger partial charge in [0.25, 0.3) is 5.69 Å². The number of carbonyl (C=O) groups is 1. The van der Waals surface area contributed by atoms with E-state index < -0.39 is 11.0 Å². The largest absolute Gasteiger partial charge is 0.373 e. The first-order valence-corrected chi connectivity index (χ1v) is 7.03. The van der Waals surface area contributed by atoms with Gasteiger partial charge in [0.2, 0.25) is 5.91 Å². The van der Waals surface area contributed by atoms with Crippen molar-refractivity contribution in [1.82, 2.24) is 5.32 Å². The molecule has 0 aliphatic heterocycles. The van der Waals surface area contributed by atoms with Gasteiger partial charge < -0.3 is 10.6 Å². The monoisotopic (exact) mass is 343 g/mol. The summed E-state index contributed by atoms with van der Waals surface area (Å²) < 4.78 is 0.555. The number of nitro benzene ring substituents is 1. The Morgan fingerprint density at radius 3 is 2.45 bits per heavy atom. The van der Waals surface area contributed by atoms with Crippen molar-refractivity contribution in [2.75, 3.05) is 5.32 Å². The molecule has 0 aliphatic rings. The van der Waals surface area contributed by atoms with Gasteiger partial charge in [-0.2, -0.15) is 0 Å². The van der Waals surface area contributed by atoms with Crippen molar-refractivity contribution in [2.45, 2.75) is 39.8 Å². The minimum Gasteiger partial charge on any atom is -0.373 e. The molecule has 2 N–H and O–H groups in total. The van der Waals surface area contributed by atoms with Gasteiger partial charge in [0.15, 0.2) is 0 Å². The van der Waals surface area contributed by atoms with Gasteiger partial charge in [-0.1, -0.05) is 0 Å². The van der Waals surface area contributed by atoms with Crippen LogP contribution in [-0.4, -0.2) is 22.9 Å². The highest BCUT2D eigenvalue weighted by molar-refractivity contribution is 9.10. The Bertz CT molecular complexity index is 532. The van der Waals surface area contributed by atoms with E-state index in [2.05, 4.69) is 26.6 Å². The number of anilines is 1. The Labute approximate surface area is 126 Å². The summed E-state index contributed by atoms with van der Waals surface area (Å²) in [6, 6.07) is 2.72. The minimum atomic E-state index is -0.436. The van der Waals surface area contributed by atoms with E-state index >= 15 is 0 Å². The van der Waals surface area contributed by atoms with Gasteiger partial charge in [-0.15, -0.1) is 0 Å². The normalized spacial score (nSPS) is 12.1. The molecule has 0 radical (unpaired) electrons. The molecule has 0 saturated carbocycles. The number of halogens is 1. The fourth-order valence-electron chi connectivity index (χ4n) is 1.69. The topological polar surface area (TPSA) is 84.3 Å². The second-order valence-corrected chi connectivity index (χ2v) is 5.76. The molecule has 0 spiro atoms. The second-order valence-electron chi connectivity index (χ2n) is 4.90. The Hall–Kier alpha value is -1.63. The summed E-state index contributed by atoms with van der Waals surface area (Å²) in [5.41, 5.74) is 1.23. The summed E-state index contributed by atoms with van der Waals surface area (Å²) >= 11 is 3.28. The molecule has 0 aliphatic carbocycles. The zero-order valence-corrected chi connectivity index (χ0v) is 13.4. The zero-order valence-electron chi connectivity index (χ0n) is 11.9. The van der Waals surface area contributed by atoms with Gasteiger partial charge in [0.1, 0.15) is 6.04 Å². The highest BCUT2D eigenvalue weighted by atomic mass is 79.9. The number of nitrogens with one attached hydrogen (secondary N) is 2. The molecule has 1 amide bonds. The van der Waals surface area contributed by atoms with Crippen LogP contribution >= 0.6 is 15.9 Å². The lowest BCUT2D eigenvalue weighted by molar-refractivity contribution is -0.385. The van der Waals surface area contributed by atoms with Crippen LogP contribution in [0, 0.1) is 17.0 Å². The van der Waals surface area contributed by atoms with Crippen LogP contribution in [0.4, 0.5) is 11.4 Å². The van der Waals surface area contributed by atoms with E-state index in [1.807, 2.05) is 13.8 Å². The molecule has 0 aromatic heterocycles. The maximum Gasteiger partial charge on any atom is 0.273 e. The van der Waals surface area contributed by atoms with Crippen LogP contribution in [0.2, 0.25) is 0 Å². The van der Waals surface area contributed by atoms with Crippen molar-refractivity contribution < 1.29 is 9.72 Å². The van der Waals surface area contributed by atoms with Gasteiger partial charge in [-0.3, -0.25) is 14.9 Å². The van der Waals surface area contributed by atoms with Crippen molar-refractivity contribution in [3.8, 4) is 0 Å². The van der Waals surface area contributed by atoms with Crippen molar-refractivity contribution in [3.05, 3.63) is 32.3 Å². The van der Waals surface area contributed by atoms with Crippen molar-refractivity contribution in [3.63, 3.8) is 0 Å². The van der Waals surface area contributed by atoms with Gasteiger partial charge >= 0.3 is 0 Å². The van der Waals surface area contributed by atoms with Gasteiger partial charge in [0.05, 0.1) is 4.92 Å². The number of rotatable bonds is 5. The number of nitro groups is 1. The Morgan fingerprint density at radius 1 is 1.35 bits per heavy atom. The van der Waals surface area contributed by atoms with Crippen LogP contribution < -0.4 is 10.6 Å². The average molecular weight is 344 g/mol. The van der Waals surface area contributed by atoms with E-state index in [1.54, 1.807) is 19.9 Å². The maximum atomic E-state index is 11.8. The molecule has 1 aromatic carbocycles. The molecule has 0 heterocycles. The third kappa shape index (κ3) is 4.19. The lowest BCUT2D eigenvalue weighted by Crippen LogP contribution is -2.41. The summed E-state index contributed by atoms with van der Waals surface area (Å²) in [5, 5.41) is 16.7. The molecule has 1 rings (SSSR count). The first-order chi connectivity index (χ1) is 9.22. The molecule has 0 saturated heterocycles. The number of carbonyl (C=O) groups excluding carboxylic acids is 1. The molecule has 20 heavy (non-hydrogen) atoms. The van der Waals surface area contributed by atoms with Crippen LogP contribution in [0.5, 0.6) is 0 Å². The van der Waals surface area contributed by atoms with E-state index in [0.717, 1.165) is 0 Å². The predicted octanol–water partition coefficient (Wildman–Crippen LogP) is 2.99. The summed E-state index contributed by atoms with van der Waals surface area (Å²) in [7, 11) is 0. The molecule has 0 bridgehead atoms. The SMILES string of the molecule is Cc1cc(NC(C)C(=O)NC(C)C)c(Br)cc1[N+](=O)[O-]. The predicted molar refractivity (Wildman–Crippen MR) is 81.9 cm³/mol. The third-order valence-electron chi connectivity index (χ3n) is 2.68. The maximum absolute atomic E-state index is 11.8. The van der Waals surface area contributed by atoms with Crippen molar-refractivity contribution in [2.24, 2.45) is 0 Å². The zero-order chi connectivity index (χ0) is 15.4. The first-order valence-electron chi connectivity index (χ1n) is 6.23. The summed E-state index contributed by atoms with van der Waals surface area (Å²) in [6.45, 7) is 7.17. The number of nitrogens with zero attached hydrogens (tertiary/aromatic N) is 1. The lowest BCUT2D eigenvalue weighted by Gasteiger charge is -2.18. The van der Waals surface area contributed by atoms with Crippen molar-refractivity contribution >= 4 is 33.2 Å². The third-order valence-corrected chi connectivity index (χ3v) is 3.33. The Morgan fingerprint density at radius 2 is 1.95 bits per heavy atom. The first kappa shape index (κ1) is 16.4. The van der Waals surface area contributed by atoms with Gasteiger partial charge in [-0.25, -0.2) is 0 Å². The fourth-order valence-corrected chi connectivity index (χ4v) is 2.13. The number of benzene rings is 1. The summed E-state index contributed by atoms with van der Waals surface area (Å²) in [6.07, 6.45) is 0. The molecule has 6 nitrogen and oxygen atoms in total. The smallest absolute Gasteiger partial charge is 0.273 e. The Balaban J connectivity index is 2.91. The number of hydrogen-bond donors (Lipinski definition) is 2. The Kier molecular flexibility index (Phi) is 5.50. The van der Waals surface area contributed by atoms with Crippen LogP contribution in [0.25, 0.3) is 0 Å². The van der Waals surface area contributed by atoms with Gasteiger partial charge in [-0.05, 0) is 49.7 Å². The van der Waals surface area contributed by atoms with E-state index in [0.29, 0.717) is 15.7 Å². The number of amides is 1. The van der Waals surface area contributed by atoms with E-state index in [9.17, 15) is 14.9 Å². The van der Waals surface area contributed by atoms with Crippen LogP contribution in [-0.2, 0) is 4.79 Å². The molecule has 1 atom stereocenters. The quantitative estimate of drug-likeness (QED) is 0.635. The highest BCUT2D eigenvalue weighted by Crippen LogP contribution is 2.30. The molecule has 1 aromatic rings. The standard InChI is InChI=1S/C13H18BrN3O3/c1-7(2)15-13(18)9(4)16-11-5-8(3)12(17(19)20)6-10(11)14/h5-7,9,16H,1-4H3,(H,15,18). The van der Waals surface area contributed by atoms with Crippen LogP contribution in [0.1, 0.15) is 26.3 Å². The number of hydrogen-bond acceptors (Lipinski definition) is 4. The molecular weight excluding hydrogens is 326 g/mol. The second kappa shape index (κ2) is 6.69. The van der Waals surface area contributed by atoms with Crippen molar-refractivity contribution in [1.29, 1.82) is 0 Å². The highest BCUT2D eigenvalue weighted by Gasteiger charge is 2.18. The fraction of sp³-hybridized carbons (Fsp3) is 0.462. The lowest BCUT2D eigenvalue weighted by atomic mass is 10.1. The van der Waals surface area contributed by atoms with E-state index in [-0.39, 0.29) is 17.6 Å². The molecule has 0 fully saturated rings. The van der Waals surface area contributed by atoms with Gasteiger partial charge in [0, 0.05) is 27.8 Å². The van der Waals surface area contributed by atoms with E-state index in [1.165, 1.54) is 6.07 Å². The molecule has 110 valence electrons. The minimum absolute atomic E-state index is 0.0433. The van der Waals surface area contributed by atoms with Crippen LogP contribution in [0.15, 0.2) is 16.6 Å². The molecule has 7 heteroatoms. The van der Waals surface area contributed by atoms with E-state index in [4.69, 9.17) is 0 Å².